The summed E-state index contributed by atoms with van der Waals surface area (Å²) in [5.74, 6) is -4.85. The molecule has 0 bridgehead atoms. The molecule has 0 spiro atoms. The number of hydrogen-bond donors (Lipinski definition) is 2. The zero-order valence-electron chi connectivity index (χ0n) is 17.3. The lowest BCUT2D eigenvalue weighted by Gasteiger charge is -2.30. The maximum atomic E-state index is 14.1. The molecule has 0 aliphatic carbocycles. The summed E-state index contributed by atoms with van der Waals surface area (Å²) in [6.07, 6.45) is 0.794. The van der Waals surface area contributed by atoms with Gasteiger partial charge in [-0.1, -0.05) is 34.1 Å². The van der Waals surface area contributed by atoms with Gasteiger partial charge in [0.15, 0.2) is 10.8 Å². The van der Waals surface area contributed by atoms with Crippen LogP contribution < -0.4 is 5.32 Å². The van der Waals surface area contributed by atoms with E-state index in [2.05, 4.69) is 26.2 Å². The van der Waals surface area contributed by atoms with Gasteiger partial charge in [-0.25, -0.2) is 18.6 Å². The molecule has 0 unspecified atom stereocenters. The van der Waals surface area contributed by atoms with Crippen LogP contribution in [0.4, 0.5) is 8.78 Å². The lowest BCUT2D eigenvalue weighted by molar-refractivity contribution is -0.142. The van der Waals surface area contributed by atoms with Gasteiger partial charge in [-0.3, -0.25) is 14.7 Å². The molecule has 33 heavy (non-hydrogen) atoms. The van der Waals surface area contributed by atoms with E-state index < -0.39 is 42.9 Å². The van der Waals surface area contributed by atoms with E-state index in [1.165, 1.54) is 18.4 Å². The number of nitrogens with one attached hydrogen (secondary N) is 1. The number of aromatic nitrogens is 1. The van der Waals surface area contributed by atoms with Crippen LogP contribution >= 0.6 is 27.3 Å². The maximum absolute atomic E-state index is 14.1. The fourth-order valence-electron chi connectivity index (χ4n) is 3.94. The van der Waals surface area contributed by atoms with Gasteiger partial charge in [0.2, 0.25) is 0 Å². The van der Waals surface area contributed by atoms with Crippen molar-refractivity contribution in [3.8, 4) is 0 Å². The molecule has 0 saturated carbocycles. The van der Waals surface area contributed by atoms with Crippen molar-refractivity contribution in [1.82, 2.24) is 15.2 Å². The van der Waals surface area contributed by atoms with E-state index in [1.807, 2.05) is 6.07 Å². The number of halogens is 3. The van der Waals surface area contributed by atoms with Gasteiger partial charge in [0, 0.05) is 34.7 Å². The number of ether oxygens (including phenoxy) is 1. The topological polar surface area (TPSA) is 104 Å². The van der Waals surface area contributed by atoms with Gasteiger partial charge in [-0.2, -0.15) is 0 Å². The number of benzene rings is 1. The van der Waals surface area contributed by atoms with Crippen molar-refractivity contribution >= 4 is 45.0 Å². The molecule has 1 aromatic heterocycles. The van der Waals surface area contributed by atoms with Crippen molar-refractivity contribution in [3.63, 3.8) is 0 Å². The molecule has 2 atom stereocenters. The number of carbonyl (C=O) groups excluding carboxylic acids is 1. The number of nitrogens with zero attached hydrogens (tertiary/aromatic N) is 3. The summed E-state index contributed by atoms with van der Waals surface area (Å²) < 4.78 is 33.9. The highest BCUT2D eigenvalue weighted by Gasteiger charge is 2.49. The molecule has 8 nitrogen and oxygen atoms in total. The third-order valence-electron chi connectivity index (χ3n) is 5.38. The van der Waals surface area contributed by atoms with E-state index in [-0.39, 0.29) is 17.8 Å². The van der Waals surface area contributed by atoms with Crippen molar-refractivity contribution in [2.24, 2.45) is 4.99 Å². The molecule has 2 aliphatic heterocycles. The Morgan fingerprint density at radius 3 is 2.79 bits per heavy atom. The van der Waals surface area contributed by atoms with Crippen LogP contribution in [0.1, 0.15) is 23.0 Å². The summed E-state index contributed by atoms with van der Waals surface area (Å²) in [4.78, 5) is 34.6. The fraction of sp³-hybridized carbons (Fsp3) is 0.333. The molecule has 1 fully saturated rings. The first-order valence-corrected chi connectivity index (χ1v) is 11.5. The van der Waals surface area contributed by atoms with E-state index in [0.717, 1.165) is 4.90 Å². The van der Waals surface area contributed by atoms with Crippen molar-refractivity contribution in [3.05, 3.63) is 62.2 Å². The maximum Gasteiger partial charge on any atom is 0.338 e. The van der Waals surface area contributed by atoms with Crippen molar-refractivity contribution in [2.45, 2.75) is 24.4 Å². The van der Waals surface area contributed by atoms with E-state index >= 15 is 0 Å². The molecule has 2 aromatic rings. The van der Waals surface area contributed by atoms with Crippen LogP contribution in [0.2, 0.25) is 0 Å². The molecule has 3 heterocycles. The Balaban J connectivity index is 1.82. The SMILES string of the molecule is COC(=O)C1=C(CN2CC(F)(F)C[C@H]2C(=O)O)NC(c2nccs2)=N[C@H]1c1ccccc1Br. The van der Waals surface area contributed by atoms with Crippen LogP contribution in [0.15, 0.2) is 56.6 Å². The van der Waals surface area contributed by atoms with Gasteiger partial charge in [-0.15, -0.1) is 11.3 Å². The molecule has 1 aromatic carbocycles. The molecule has 1 saturated heterocycles. The minimum absolute atomic E-state index is 0.115. The molecule has 2 aliphatic rings. The van der Waals surface area contributed by atoms with Gasteiger partial charge in [0.25, 0.3) is 5.92 Å². The molecular weight excluding hydrogens is 522 g/mol. The Kier molecular flexibility index (Phi) is 6.59. The molecule has 174 valence electrons. The second-order valence-corrected chi connectivity index (χ2v) is 9.32. The van der Waals surface area contributed by atoms with Crippen molar-refractivity contribution in [1.29, 1.82) is 0 Å². The van der Waals surface area contributed by atoms with Crippen molar-refractivity contribution in [2.75, 3.05) is 20.2 Å². The number of esters is 1. The Hall–Kier alpha value is -2.70. The number of carboxylic acid groups (broad SMARTS) is 1. The van der Waals surface area contributed by atoms with Crippen LogP contribution in [0.25, 0.3) is 0 Å². The van der Waals surface area contributed by atoms with Crippen LogP contribution in [-0.2, 0) is 14.3 Å². The largest absolute Gasteiger partial charge is 0.480 e. The van der Waals surface area contributed by atoms with Gasteiger partial charge < -0.3 is 15.2 Å². The fourth-order valence-corrected chi connectivity index (χ4v) is 5.03. The summed E-state index contributed by atoms with van der Waals surface area (Å²) in [6.45, 7) is -0.977. The van der Waals surface area contributed by atoms with Crippen LogP contribution in [0, 0.1) is 0 Å². The standard InChI is InChI=1S/C21H19BrF2N4O4S/c1-32-20(31)15-13(9-28-10-21(23,24)8-14(28)19(29)30)26-17(18-25-6-7-33-18)27-16(15)11-4-2-3-5-12(11)22/h2-7,14,16H,8-10H2,1H3,(H,26,27)(H,29,30)/t14-,16-/m0/s1. The molecule has 4 rings (SSSR count). The second-order valence-electron chi connectivity index (χ2n) is 7.57. The Morgan fingerprint density at radius 2 is 2.15 bits per heavy atom. The number of aliphatic imine (C=N–C) groups is 1. The van der Waals surface area contributed by atoms with E-state index in [9.17, 15) is 23.5 Å². The minimum Gasteiger partial charge on any atom is -0.480 e. The third-order valence-corrected chi connectivity index (χ3v) is 6.88. The zero-order valence-corrected chi connectivity index (χ0v) is 19.7. The van der Waals surface area contributed by atoms with Crippen LogP contribution in [0.5, 0.6) is 0 Å². The minimum atomic E-state index is -3.15. The van der Waals surface area contributed by atoms with Gasteiger partial charge in [-0.05, 0) is 11.6 Å². The van der Waals surface area contributed by atoms with E-state index in [0.29, 0.717) is 20.9 Å². The average molecular weight is 541 g/mol. The number of methoxy groups -OCH3 is 1. The van der Waals surface area contributed by atoms with Crippen LogP contribution in [-0.4, -0.2) is 64.9 Å². The summed E-state index contributed by atoms with van der Waals surface area (Å²) in [5.41, 5.74) is 1.02. The number of amidine groups is 1. The van der Waals surface area contributed by atoms with Gasteiger partial charge >= 0.3 is 11.9 Å². The van der Waals surface area contributed by atoms with Crippen LogP contribution in [0.3, 0.4) is 0 Å². The lowest BCUT2D eigenvalue weighted by atomic mass is 9.95. The quantitative estimate of drug-likeness (QED) is 0.542. The second kappa shape index (κ2) is 9.27. The average Bonchev–Trinajstić information content (AvgIpc) is 3.41. The smallest absolute Gasteiger partial charge is 0.338 e. The highest BCUT2D eigenvalue weighted by Crippen LogP contribution is 2.38. The number of alkyl halides is 2. The normalized spacial score (nSPS) is 22.6. The zero-order chi connectivity index (χ0) is 23.8. The molecule has 12 heteroatoms. The Morgan fingerprint density at radius 1 is 1.39 bits per heavy atom. The predicted molar refractivity (Wildman–Crippen MR) is 120 cm³/mol. The van der Waals surface area contributed by atoms with E-state index in [4.69, 9.17) is 9.73 Å². The predicted octanol–water partition coefficient (Wildman–Crippen LogP) is 3.22. The number of likely N-dealkylation sites (tertiary alicyclic amines) is 1. The number of carbonyl (C=O) groups is 2. The first kappa shape index (κ1) is 23.5. The number of rotatable bonds is 6. The summed E-state index contributed by atoms with van der Waals surface area (Å²) in [7, 11) is 1.22. The summed E-state index contributed by atoms with van der Waals surface area (Å²) in [6, 6.07) is 4.97. The summed E-state index contributed by atoms with van der Waals surface area (Å²) >= 11 is 4.80. The number of hydrogen-bond acceptors (Lipinski definition) is 8. The first-order chi connectivity index (χ1) is 15.7. The van der Waals surface area contributed by atoms with E-state index in [1.54, 1.807) is 29.8 Å². The van der Waals surface area contributed by atoms with Crippen molar-refractivity contribution < 1.29 is 28.2 Å². The molecular formula is C21H19BrF2N4O4S. The van der Waals surface area contributed by atoms with Gasteiger partial charge in [0.05, 0.1) is 19.2 Å². The Labute approximate surface area is 200 Å². The first-order valence-electron chi connectivity index (χ1n) is 9.85. The monoisotopic (exact) mass is 540 g/mol. The number of aliphatic carboxylic acids is 1. The Bertz CT molecular complexity index is 1140. The number of thiazole rings is 1. The highest BCUT2D eigenvalue weighted by atomic mass is 79.9. The van der Waals surface area contributed by atoms with Gasteiger partial charge in [0.1, 0.15) is 12.1 Å². The molecule has 2 N–H and O–H groups in total. The molecule has 0 amide bonds. The lowest BCUT2D eigenvalue weighted by Crippen LogP contribution is -2.43. The number of carboxylic acids is 1. The highest BCUT2D eigenvalue weighted by molar-refractivity contribution is 9.10. The third kappa shape index (κ3) is 4.82. The molecule has 0 radical (unpaired) electrons. The summed E-state index contributed by atoms with van der Waals surface area (Å²) in [5, 5.41) is 14.8.